The van der Waals surface area contributed by atoms with E-state index in [1.807, 2.05) is 31.2 Å². The minimum Gasteiger partial charge on any atom is -0.385 e. The summed E-state index contributed by atoms with van der Waals surface area (Å²) in [5.74, 6) is -0.0258. The van der Waals surface area contributed by atoms with Crippen LogP contribution < -0.4 is 10.7 Å². The number of carbonyl (C=O) groups excluding carboxylic acids is 1. The molecule has 1 amide bonds. The summed E-state index contributed by atoms with van der Waals surface area (Å²) in [6, 6.07) is 8.45. The molecule has 1 aliphatic heterocycles. The van der Waals surface area contributed by atoms with Crippen LogP contribution in [-0.4, -0.2) is 29.5 Å². The first-order chi connectivity index (χ1) is 9.63. The van der Waals surface area contributed by atoms with Gasteiger partial charge in [0.05, 0.1) is 5.56 Å². The first kappa shape index (κ1) is 14.9. The van der Waals surface area contributed by atoms with Crippen molar-refractivity contribution in [2.75, 3.05) is 11.9 Å². The second kappa shape index (κ2) is 6.75. The molecule has 1 heterocycles. The third-order valence-electron chi connectivity index (χ3n) is 3.96. The monoisotopic (exact) mass is 275 g/mol. The average molecular weight is 275 g/mol. The van der Waals surface area contributed by atoms with Gasteiger partial charge in [0.25, 0.3) is 5.91 Å². The van der Waals surface area contributed by atoms with Crippen LogP contribution in [0, 0.1) is 0 Å². The van der Waals surface area contributed by atoms with E-state index in [0.717, 1.165) is 25.1 Å². The molecule has 0 saturated carbocycles. The first-order valence-corrected chi connectivity index (χ1v) is 7.55. The largest absolute Gasteiger partial charge is 0.385 e. The van der Waals surface area contributed by atoms with Crippen LogP contribution in [0.15, 0.2) is 24.3 Å². The lowest BCUT2D eigenvalue weighted by molar-refractivity contribution is 0.0370. The quantitative estimate of drug-likeness (QED) is 0.887. The van der Waals surface area contributed by atoms with Gasteiger partial charge in [0, 0.05) is 24.3 Å². The Bertz CT molecular complexity index is 451. The summed E-state index contributed by atoms with van der Waals surface area (Å²) < 4.78 is 0. The van der Waals surface area contributed by atoms with Gasteiger partial charge >= 0.3 is 0 Å². The van der Waals surface area contributed by atoms with Gasteiger partial charge in [-0.25, -0.2) is 5.01 Å². The Hall–Kier alpha value is -1.55. The van der Waals surface area contributed by atoms with Gasteiger partial charge in [0.1, 0.15) is 0 Å². The molecule has 20 heavy (non-hydrogen) atoms. The Labute approximate surface area is 121 Å². The van der Waals surface area contributed by atoms with Crippen molar-refractivity contribution < 1.29 is 4.79 Å². The lowest BCUT2D eigenvalue weighted by Gasteiger charge is -2.38. The van der Waals surface area contributed by atoms with Crippen LogP contribution in [0.3, 0.4) is 0 Å². The zero-order valence-corrected chi connectivity index (χ0v) is 12.6. The number of rotatable bonds is 4. The third-order valence-corrected chi connectivity index (χ3v) is 3.96. The number of para-hydroxylation sites is 1. The van der Waals surface area contributed by atoms with Crippen LogP contribution in [-0.2, 0) is 0 Å². The molecule has 4 heteroatoms. The smallest absolute Gasteiger partial charge is 0.267 e. The topological polar surface area (TPSA) is 44.4 Å². The molecule has 1 aliphatic rings. The number of benzene rings is 1. The molecule has 0 spiro atoms. The highest BCUT2D eigenvalue weighted by atomic mass is 16.2. The summed E-state index contributed by atoms with van der Waals surface area (Å²) in [7, 11) is 0. The molecule has 2 N–H and O–H groups in total. The summed E-state index contributed by atoms with van der Waals surface area (Å²) in [5.41, 5.74) is 4.69. The van der Waals surface area contributed by atoms with Gasteiger partial charge in [-0.1, -0.05) is 18.6 Å². The predicted octanol–water partition coefficient (Wildman–Crippen LogP) is 3.03. The summed E-state index contributed by atoms with van der Waals surface area (Å²) in [6.45, 7) is 7.18. The molecule has 0 bridgehead atoms. The number of piperidine rings is 1. The fourth-order valence-corrected chi connectivity index (χ4v) is 2.84. The van der Waals surface area contributed by atoms with Gasteiger partial charge in [-0.05, 0) is 45.7 Å². The van der Waals surface area contributed by atoms with Crippen LogP contribution in [0.1, 0.15) is 50.4 Å². The number of hydrazine groups is 1. The van der Waals surface area contributed by atoms with Crippen molar-refractivity contribution in [1.29, 1.82) is 0 Å². The normalized spacial score (nSPS) is 23.4. The first-order valence-electron chi connectivity index (χ1n) is 7.55. The highest BCUT2D eigenvalue weighted by Gasteiger charge is 2.26. The lowest BCUT2D eigenvalue weighted by atomic mass is 10.00. The van der Waals surface area contributed by atoms with E-state index in [0.29, 0.717) is 17.6 Å². The van der Waals surface area contributed by atoms with E-state index >= 15 is 0 Å². The zero-order chi connectivity index (χ0) is 14.5. The summed E-state index contributed by atoms with van der Waals surface area (Å²) in [5, 5.41) is 5.34. The van der Waals surface area contributed by atoms with Crippen LogP contribution in [0.4, 0.5) is 5.69 Å². The number of nitrogens with zero attached hydrogens (tertiary/aromatic N) is 1. The minimum atomic E-state index is -0.0258. The molecule has 0 radical (unpaired) electrons. The van der Waals surface area contributed by atoms with Crippen LogP contribution in [0.2, 0.25) is 0 Å². The SMILES string of the molecule is CCNc1ccccc1C(=O)NN1C(C)CCCC1C. The summed E-state index contributed by atoms with van der Waals surface area (Å²) >= 11 is 0. The fourth-order valence-electron chi connectivity index (χ4n) is 2.84. The molecule has 1 aromatic rings. The average Bonchev–Trinajstić information content (AvgIpc) is 2.44. The van der Waals surface area contributed by atoms with Crippen molar-refractivity contribution in [3.8, 4) is 0 Å². The molecular weight excluding hydrogens is 250 g/mol. The maximum absolute atomic E-state index is 12.5. The lowest BCUT2D eigenvalue weighted by Crippen LogP contribution is -2.54. The van der Waals surface area contributed by atoms with E-state index < -0.39 is 0 Å². The van der Waals surface area contributed by atoms with Crippen molar-refractivity contribution in [3.05, 3.63) is 29.8 Å². The molecule has 1 saturated heterocycles. The Morgan fingerprint density at radius 1 is 1.25 bits per heavy atom. The maximum Gasteiger partial charge on any atom is 0.267 e. The van der Waals surface area contributed by atoms with Gasteiger partial charge in [0.15, 0.2) is 0 Å². The second-order valence-electron chi connectivity index (χ2n) is 5.55. The molecule has 0 aromatic heterocycles. The van der Waals surface area contributed by atoms with Crippen molar-refractivity contribution in [1.82, 2.24) is 10.4 Å². The molecule has 1 aromatic carbocycles. The number of hydrogen-bond donors (Lipinski definition) is 2. The van der Waals surface area contributed by atoms with Gasteiger partial charge in [-0.3, -0.25) is 10.2 Å². The molecule has 4 nitrogen and oxygen atoms in total. The number of hydrogen-bond acceptors (Lipinski definition) is 3. The fraction of sp³-hybridized carbons (Fsp3) is 0.562. The van der Waals surface area contributed by atoms with Crippen molar-refractivity contribution >= 4 is 11.6 Å². The Kier molecular flexibility index (Phi) is 5.01. The van der Waals surface area contributed by atoms with Gasteiger partial charge < -0.3 is 5.32 Å². The number of anilines is 1. The third kappa shape index (κ3) is 3.31. The van der Waals surface area contributed by atoms with Gasteiger partial charge in [-0.2, -0.15) is 0 Å². The number of amides is 1. The molecule has 0 aliphatic carbocycles. The highest BCUT2D eigenvalue weighted by molar-refractivity contribution is 5.99. The van der Waals surface area contributed by atoms with E-state index in [4.69, 9.17) is 0 Å². The highest BCUT2D eigenvalue weighted by Crippen LogP contribution is 2.21. The van der Waals surface area contributed by atoms with Crippen LogP contribution >= 0.6 is 0 Å². The van der Waals surface area contributed by atoms with E-state index in [1.54, 1.807) is 0 Å². The maximum atomic E-state index is 12.5. The molecule has 2 unspecified atom stereocenters. The van der Waals surface area contributed by atoms with E-state index in [2.05, 4.69) is 29.6 Å². The second-order valence-corrected chi connectivity index (χ2v) is 5.55. The van der Waals surface area contributed by atoms with Crippen LogP contribution in [0.5, 0.6) is 0 Å². The standard InChI is InChI=1S/C16H25N3O/c1-4-17-15-11-6-5-10-14(15)16(20)18-19-12(2)8-7-9-13(19)3/h5-6,10-13,17H,4,7-9H2,1-3H3,(H,18,20). The molecular formula is C16H25N3O. The summed E-state index contributed by atoms with van der Waals surface area (Å²) in [4.78, 5) is 12.5. The minimum absolute atomic E-state index is 0.0258. The molecule has 2 rings (SSSR count). The predicted molar refractivity (Wildman–Crippen MR) is 82.7 cm³/mol. The summed E-state index contributed by atoms with van der Waals surface area (Å²) in [6.07, 6.45) is 3.52. The van der Waals surface area contributed by atoms with Crippen molar-refractivity contribution in [3.63, 3.8) is 0 Å². The van der Waals surface area contributed by atoms with Gasteiger partial charge in [-0.15, -0.1) is 0 Å². The molecule has 110 valence electrons. The number of carbonyl (C=O) groups is 1. The Morgan fingerprint density at radius 3 is 2.55 bits per heavy atom. The Balaban J connectivity index is 2.11. The number of nitrogens with one attached hydrogen (secondary N) is 2. The van der Waals surface area contributed by atoms with Crippen LogP contribution in [0.25, 0.3) is 0 Å². The van der Waals surface area contributed by atoms with E-state index in [9.17, 15) is 4.79 Å². The van der Waals surface area contributed by atoms with Crippen molar-refractivity contribution in [2.45, 2.75) is 52.1 Å². The Morgan fingerprint density at radius 2 is 1.90 bits per heavy atom. The zero-order valence-electron chi connectivity index (χ0n) is 12.6. The molecule has 2 atom stereocenters. The van der Waals surface area contributed by atoms with Crippen molar-refractivity contribution in [2.24, 2.45) is 0 Å². The van der Waals surface area contributed by atoms with Gasteiger partial charge in [0.2, 0.25) is 0 Å². The van der Waals surface area contributed by atoms with E-state index in [1.165, 1.54) is 6.42 Å². The van der Waals surface area contributed by atoms with E-state index in [-0.39, 0.29) is 5.91 Å². The molecule has 1 fully saturated rings.